The summed E-state index contributed by atoms with van der Waals surface area (Å²) in [5.74, 6) is 1.51. The standard InChI is InChI=1S/C24H37N3O4.C2H6/c1-18-7-6-8-19(2)24(18)25-23(29)16-27-13-11-26(12-14-27)15-20(28)17-31-22-10-5-4-9-21(22)30-3;1-2/h7,9-10,20,28H,4-6,8,11-17H2,1-3H3,(H,25,29);1-2H3. The third kappa shape index (κ3) is 8.65. The number of aliphatic hydroxyl groups is 1. The number of hydrogen-bond acceptors (Lipinski definition) is 6. The van der Waals surface area contributed by atoms with Gasteiger partial charge in [0.25, 0.3) is 0 Å². The number of carbonyl (C=O) groups excluding carboxylic acids is 1. The molecular formula is C26H43N3O4. The number of nitrogens with zero attached hydrogens (tertiary/aromatic N) is 2. The van der Waals surface area contributed by atoms with Crippen LogP contribution in [0.5, 0.6) is 0 Å². The van der Waals surface area contributed by atoms with Crippen molar-refractivity contribution in [2.45, 2.75) is 59.5 Å². The highest BCUT2D eigenvalue weighted by molar-refractivity contribution is 5.81. The van der Waals surface area contributed by atoms with Gasteiger partial charge in [-0.05, 0) is 62.8 Å². The number of ether oxygens (including phenoxy) is 2. The van der Waals surface area contributed by atoms with Crippen LogP contribution in [0.3, 0.4) is 0 Å². The molecule has 0 bridgehead atoms. The van der Waals surface area contributed by atoms with E-state index in [2.05, 4.69) is 35.0 Å². The van der Waals surface area contributed by atoms with E-state index >= 15 is 0 Å². The van der Waals surface area contributed by atoms with Gasteiger partial charge in [0, 0.05) is 38.4 Å². The van der Waals surface area contributed by atoms with Crippen molar-refractivity contribution in [2.75, 3.05) is 53.0 Å². The molecule has 0 radical (unpaired) electrons. The predicted molar refractivity (Wildman–Crippen MR) is 132 cm³/mol. The van der Waals surface area contributed by atoms with E-state index in [0.717, 1.165) is 74.7 Å². The maximum absolute atomic E-state index is 12.5. The zero-order valence-electron chi connectivity index (χ0n) is 21.2. The molecule has 186 valence electrons. The summed E-state index contributed by atoms with van der Waals surface area (Å²) in [5, 5.41) is 13.5. The molecule has 0 aromatic rings. The van der Waals surface area contributed by atoms with Crippen molar-refractivity contribution in [3.63, 3.8) is 0 Å². The summed E-state index contributed by atoms with van der Waals surface area (Å²) in [6.07, 6.45) is 9.60. The second-order valence-corrected chi connectivity index (χ2v) is 8.59. The highest BCUT2D eigenvalue weighted by Crippen LogP contribution is 2.22. The zero-order chi connectivity index (χ0) is 24.2. The molecule has 1 heterocycles. The molecule has 1 atom stereocenters. The van der Waals surface area contributed by atoms with Crippen molar-refractivity contribution in [1.29, 1.82) is 0 Å². The van der Waals surface area contributed by atoms with Gasteiger partial charge in [0.15, 0.2) is 11.5 Å². The van der Waals surface area contributed by atoms with Gasteiger partial charge in [0.05, 0.1) is 13.7 Å². The molecule has 0 spiro atoms. The highest BCUT2D eigenvalue weighted by Gasteiger charge is 2.22. The number of β-amino-alcohol motifs (C(OH)–C–C–N with tert-alkyl or cyclic N) is 1. The molecule has 2 aliphatic carbocycles. The first-order valence-electron chi connectivity index (χ1n) is 12.3. The molecule has 3 rings (SSSR count). The molecule has 33 heavy (non-hydrogen) atoms. The molecule has 1 amide bonds. The van der Waals surface area contributed by atoms with Crippen molar-refractivity contribution in [1.82, 2.24) is 15.1 Å². The van der Waals surface area contributed by atoms with E-state index in [4.69, 9.17) is 9.47 Å². The van der Waals surface area contributed by atoms with Gasteiger partial charge in [-0.3, -0.25) is 14.6 Å². The van der Waals surface area contributed by atoms with Gasteiger partial charge in [0.1, 0.15) is 12.7 Å². The summed E-state index contributed by atoms with van der Waals surface area (Å²) in [4.78, 5) is 16.9. The summed E-state index contributed by atoms with van der Waals surface area (Å²) in [6.45, 7) is 12.7. The van der Waals surface area contributed by atoms with Crippen molar-refractivity contribution >= 4 is 5.91 Å². The average molecular weight is 462 g/mol. The lowest BCUT2D eigenvalue weighted by Gasteiger charge is -2.35. The molecular weight excluding hydrogens is 418 g/mol. The minimum Gasteiger partial charge on any atom is -0.493 e. The monoisotopic (exact) mass is 461 g/mol. The van der Waals surface area contributed by atoms with Gasteiger partial charge in [-0.1, -0.05) is 19.9 Å². The van der Waals surface area contributed by atoms with Crippen molar-refractivity contribution < 1.29 is 19.4 Å². The van der Waals surface area contributed by atoms with Gasteiger partial charge in [-0.15, -0.1) is 0 Å². The third-order valence-electron chi connectivity index (χ3n) is 6.08. The van der Waals surface area contributed by atoms with Crippen LogP contribution < -0.4 is 5.32 Å². The minimum absolute atomic E-state index is 0.0497. The molecule has 1 aliphatic heterocycles. The number of hydrogen-bond donors (Lipinski definition) is 2. The molecule has 1 unspecified atom stereocenters. The fourth-order valence-electron chi connectivity index (χ4n) is 4.27. The van der Waals surface area contributed by atoms with E-state index in [-0.39, 0.29) is 12.5 Å². The Kier molecular flexibility index (Phi) is 11.7. The van der Waals surface area contributed by atoms with Crippen molar-refractivity contribution in [3.8, 4) is 0 Å². The van der Waals surface area contributed by atoms with Crippen LogP contribution in [0.1, 0.15) is 53.4 Å². The number of amides is 1. The maximum Gasteiger partial charge on any atom is 0.238 e. The van der Waals surface area contributed by atoms with E-state index < -0.39 is 6.10 Å². The van der Waals surface area contributed by atoms with E-state index in [1.54, 1.807) is 7.11 Å². The Morgan fingerprint density at radius 1 is 1.03 bits per heavy atom. The summed E-state index contributed by atoms with van der Waals surface area (Å²) in [7, 11) is 1.63. The van der Waals surface area contributed by atoms with Gasteiger partial charge in [-0.25, -0.2) is 0 Å². The lowest BCUT2D eigenvalue weighted by Crippen LogP contribution is -2.51. The molecule has 1 saturated heterocycles. The topological polar surface area (TPSA) is 74.3 Å². The lowest BCUT2D eigenvalue weighted by molar-refractivity contribution is -0.122. The lowest BCUT2D eigenvalue weighted by atomic mass is 9.98. The van der Waals surface area contributed by atoms with Crippen LogP contribution in [0.15, 0.2) is 46.6 Å². The van der Waals surface area contributed by atoms with E-state index in [9.17, 15) is 9.90 Å². The first-order valence-corrected chi connectivity index (χ1v) is 12.3. The second kappa shape index (κ2) is 14.2. The van der Waals surface area contributed by atoms with Crippen LogP contribution in [-0.4, -0.2) is 79.9 Å². The Morgan fingerprint density at radius 3 is 2.30 bits per heavy atom. The second-order valence-electron chi connectivity index (χ2n) is 8.59. The van der Waals surface area contributed by atoms with Crippen LogP contribution in [0.25, 0.3) is 0 Å². The Bertz CT molecular complexity index is 761. The largest absolute Gasteiger partial charge is 0.493 e. The van der Waals surface area contributed by atoms with E-state index in [1.165, 1.54) is 5.57 Å². The predicted octanol–water partition coefficient (Wildman–Crippen LogP) is 3.35. The van der Waals surface area contributed by atoms with Crippen LogP contribution in [-0.2, 0) is 14.3 Å². The summed E-state index contributed by atoms with van der Waals surface area (Å²) in [5.41, 5.74) is 3.42. The number of methoxy groups -OCH3 is 1. The summed E-state index contributed by atoms with van der Waals surface area (Å²) in [6, 6.07) is 0. The maximum atomic E-state index is 12.5. The van der Waals surface area contributed by atoms with E-state index in [1.807, 2.05) is 26.0 Å². The van der Waals surface area contributed by atoms with Gasteiger partial charge < -0.3 is 19.9 Å². The van der Waals surface area contributed by atoms with Crippen LogP contribution in [0, 0.1) is 0 Å². The molecule has 1 fully saturated rings. The molecule has 0 aromatic carbocycles. The number of allylic oxidation sites excluding steroid dienone is 5. The fourth-order valence-corrected chi connectivity index (χ4v) is 4.27. The van der Waals surface area contributed by atoms with Gasteiger partial charge in [-0.2, -0.15) is 0 Å². The Hall–Kier alpha value is -2.09. The van der Waals surface area contributed by atoms with Gasteiger partial charge in [0.2, 0.25) is 5.91 Å². The van der Waals surface area contributed by atoms with Crippen LogP contribution in [0.4, 0.5) is 0 Å². The molecule has 7 heteroatoms. The van der Waals surface area contributed by atoms with E-state index in [0.29, 0.717) is 13.1 Å². The smallest absolute Gasteiger partial charge is 0.238 e. The van der Waals surface area contributed by atoms with Crippen LogP contribution in [0.2, 0.25) is 0 Å². The first-order chi connectivity index (χ1) is 16.0. The highest BCUT2D eigenvalue weighted by atomic mass is 16.5. The Labute approximate surface area is 199 Å². The van der Waals surface area contributed by atoms with Gasteiger partial charge >= 0.3 is 0 Å². The first kappa shape index (κ1) is 27.2. The number of aliphatic hydroxyl groups excluding tert-OH is 1. The summed E-state index contributed by atoms with van der Waals surface area (Å²) >= 11 is 0. The fraction of sp³-hybridized carbons (Fsp3) is 0.654. The molecule has 0 aromatic heterocycles. The minimum atomic E-state index is -0.563. The molecule has 0 saturated carbocycles. The number of piperazine rings is 1. The SMILES string of the molecule is CC.COC1=CCCC=C1OCC(O)CN1CCN(CC(=O)NC2=C(C)CCC=C2C)CC1. The Balaban J connectivity index is 0.00000187. The van der Waals surface area contributed by atoms with Crippen LogP contribution >= 0.6 is 0 Å². The number of carbonyl (C=O) groups is 1. The molecule has 2 N–H and O–H groups in total. The third-order valence-corrected chi connectivity index (χ3v) is 6.08. The number of rotatable bonds is 9. The number of nitrogens with one attached hydrogen (secondary N) is 1. The summed E-state index contributed by atoms with van der Waals surface area (Å²) < 4.78 is 11.1. The Morgan fingerprint density at radius 2 is 1.67 bits per heavy atom. The van der Waals surface area contributed by atoms with Crippen molar-refractivity contribution in [2.24, 2.45) is 0 Å². The molecule has 7 nitrogen and oxygen atoms in total. The normalized spacial score (nSPS) is 20.6. The molecule has 3 aliphatic rings. The van der Waals surface area contributed by atoms with Crippen molar-refractivity contribution in [3.05, 3.63) is 46.6 Å². The average Bonchev–Trinajstić information content (AvgIpc) is 2.83. The quantitative estimate of drug-likeness (QED) is 0.549. The zero-order valence-corrected chi connectivity index (χ0v) is 21.2.